The van der Waals surface area contributed by atoms with E-state index in [1.165, 1.54) is 17.0 Å². The number of rotatable bonds is 5. The van der Waals surface area contributed by atoms with Gasteiger partial charge in [-0.3, -0.25) is 4.79 Å². The second kappa shape index (κ2) is 7.09. The minimum atomic E-state index is -4.66. The standard InChI is InChI=1S/C17H17F2NO3S/c1-12(13-6-4-3-5-7-13)20(2)16(21)14-8-10-15(11-9-14)24(22,23)17(18)19/h3-12,17H,1-2H3/t12-/m1/s1. The van der Waals surface area contributed by atoms with Crippen LogP contribution in [0.15, 0.2) is 59.5 Å². The lowest BCUT2D eigenvalue weighted by Crippen LogP contribution is -2.29. The van der Waals surface area contributed by atoms with Gasteiger partial charge in [-0.25, -0.2) is 8.42 Å². The van der Waals surface area contributed by atoms with Gasteiger partial charge in [-0.1, -0.05) is 30.3 Å². The van der Waals surface area contributed by atoms with Crippen molar-refractivity contribution in [2.24, 2.45) is 0 Å². The highest BCUT2D eigenvalue weighted by molar-refractivity contribution is 7.91. The molecule has 0 aromatic heterocycles. The summed E-state index contributed by atoms with van der Waals surface area (Å²) in [4.78, 5) is 13.5. The Hall–Kier alpha value is -2.28. The van der Waals surface area contributed by atoms with Gasteiger partial charge in [-0.05, 0) is 36.8 Å². The van der Waals surface area contributed by atoms with Crippen molar-refractivity contribution < 1.29 is 22.0 Å². The van der Waals surface area contributed by atoms with Crippen molar-refractivity contribution in [2.75, 3.05) is 7.05 Å². The van der Waals surface area contributed by atoms with Gasteiger partial charge in [0.2, 0.25) is 9.84 Å². The number of hydrogen-bond donors (Lipinski definition) is 0. The molecule has 0 aliphatic carbocycles. The molecule has 7 heteroatoms. The van der Waals surface area contributed by atoms with Crippen molar-refractivity contribution in [2.45, 2.75) is 23.6 Å². The first kappa shape index (κ1) is 18.1. The second-order valence-corrected chi connectivity index (χ2v) is 7.25. The number of nitrogens with zero attached hydrogens (tertiary/aromatic N) is 1. The van der Waals surface area contributed by atoms with Crippen molar-refractivity contribution in [1.82, 2.24) is 4.90 Å². The summed E-state index contributed by atoms with van der Waals surface area (Å²) in [6.07, 6.45) is 0. The van der Waals surface area contributed by atoms with Crippen LogP contribution >= 0.6 is 0 Å². The van der Waals surface area contributed by atoms with Crippen LogP contribution in [-0.2, 0) is 9.84 Å². The smallest absolute Gasteiger partial charge is 0.335 e. The molecule has 0 saturated heterocycles. The molecular weight excluding hydrogens is 336 g/mol. The van der Waals surface area contributed by atoms with Gasteiger partial charge in [-0.2, -0.15) is 8.78 Å². The molecule has 0 aliphatic heterocycles. The summed E-state index contributed by atoms with van der Waals surface area (Å²) in [6.45, 7) is 1.86. The summed E-state index contributed by atoms with van der Waals surface area (Å²) in [5, 5.41) is 0. The molecule has 1 amide bonds. The summed E-state index contributed by atoms with van der Waals surface area (Å²) in [7, 11) is -3.03. The minimum absolute atomic E-state index is 0.192. The number of carbonyl (C=O) groups excluding carboxylic acids is 1. The quantitative estimate of drug-likeness (QED) is 0.826. The van der Waals surface area contributed by atoms with Gasteiger partial charge >= 0.3 is 5.76 Å². The van der Waals surface area contributed by atoms with Gasteiger partial charge in [0.05, 0.1) is 10.9 Å². The normalized spacial score (nSPS) is 12.9. The zero-order valence-electron chi connectivity index (χ0n) is 13.2. The highest BCUT2D eigenvalue weighted by atomic mass is 32.2. The topological polar surface area (TPSA) is 54.5 Å². The molecule has 2 aromatic rings. The van der Waals surface area contributed by atoms with E-state index in [-0.39, 0.29) is 17.5 Å². The summed E-state index contributed by atoms with van der Waals surface area (Å²) in [6, 6.07) is 13.7. The van der Waals surface area contributed by atoms with Crippen LogP contribution in [0.4, 0.5) is 8.78 Å². The average Bonchev–Trinajstić information content (AvgIpc) is 2.60. The fourth-order valence-electron chi connectivity index (χ4n) is 2.22. The van der Waals surface area contributed by atoms with Crippen molar-refractivity contribution >= 4 is 15.7 Å². The molecule has 0 bridgehead atoms. The Kier molecular flexibility index (Phi) is 5.33. The van der Waals surface area contributed by atoms with E-state index in [4.69, 9.17) is 0 Å². The average molecular weight is 353 g/mol. The highest BCUT2D eigenvalue weighted by Gasteiger charge is 2.27. The molecule has 0 aliphatic rings. The third-order valence-corrected chi connectivity index (χ3v) is 5.25. The van der Waals surface area contributed by atoms with Crippen LogP contribution in [0, 0.1) is 0 Å². The lowest BCUT2D eigenvalue weighted by molar-refractivity contribution is 0.0742. The zero-order chi connectivity index (χ0) is 17.9. The second-order valence-electron chi connectivity index (χ2n) is 5.33. The molecule has 0 fully saturated rings. The molecule has 0 spiro atoms. The minimum Gasteiger partial charge on any atom is -0.335 e. The summed E-state index contributed by atoms with van der Waals surface area (Å²) < 4.78 is 47.8. The molecule has 0 heterocycles. The molecule has 24 heavy (non-hydrogen) atoms. The third kappa shape index (κ3) is 3.62. The van der Waals surface area contributed by atoms with Crippen LogP contribution < -0.4 is 0 Å². The summed E-state index contributed by atoms with van der Waals surface area (Å²) in [5.74, 6) is -3.81. The Bertz CT molecular complexity index is 805. The van der Waals surface area contributed by atoms with Crippen molar-refractivity contribution in [3.8, 4) is 0 Å². The predicted molar refractivity (Wildman–Crippen MR) is 86.6 cm³/mol. The largest absolute Gasteiger partial charge is 0.341 e. The maximum atomic E-state index is 12.5. The van der Waals surface area contributed by atoms with Gasteiger partial charge in [0.15, 0.2) is 0 Å². The van der Waals surface area contributed by atoms with E-state index in [1.54, 1.807) is 7.05 Å². The SMILES string of the molecule is C[C@H](c1ccccc1)N(C)C(=O)c1ccc(S(=O)(=O)C(F)F)cc1. The molecule has 2 rings (SSSR count). The van der Waals surface area contributed by atoms with E-state index in [0.717, 1.165) is 17.7 Å². The predicted octanol–water partition coefficient (Wildman–Crippen LogP) is 3.52. The molecule has 0 unspecified atom stereocenters. The van der Waals surface area contributed by atoms with E-state index in [1.807, 2.05) is 37.3 Å². The number of alkyl halides is 2. The van der Waals surface area contributed by atoms with Gasteiger partial charge < -0.3 is 4.90 Å². The first-order valence-corrected chi connectivity index (χ1v) is 8.74. The first-order valence-electron chi connectivity index (χ1n) is 7.19. The van der Waals surface area contributed by atoms with Crippen molar-refractivity contribution in [3.63, 3.8) is 0 Å². The zero-order valence-corrected chi connectivity index (χ0v) is 14.0. The maximum Gasteiger partial charge on any atom is 0.341 e. The van der Waals surface area contributed by atoms with Gasteiger partial charge in [-0.15, -0.1) is 0 Å². The third-order valence-electron chi connectivity index (χ3n) is 3.85. The fraction of sp³-hybridized carbons (Fsp3) is 0.235. The number of amides is 1. The molecule has 128 valence electrons. The van der Waals surface area contributed by atoms with Gasteiger partial charge in [0, 0.05) is 12.6 Å². The number of benzene rings is 2. The van der Waals surface area contributed by atoms with Crippen molar-refractivity contribution in [3.05, 3.63) is 65.7 Å². The van der Waals surface area contributed by atoms with E-state index >= 15 is 0 Å². The number of sulfone groups is 1. The number of halogens is 2. The van der Waals surface area contributed by atoms with E-state index in [0.29, 0.717) is 0 Å². The van der Waals surface area contributed by atoms with Crippen LogP contribution in [0.5, 0.6) is 0 Å². The Morgan fingerprint density at radius 2 is 1.54 bits per heavy atom. The summed E-state index contributed by atoms with van der Waals surface area (Å²) >= 11 is 0. The van der Waals surface area contributed by atoms with Crippen molar-refractivity contribution in [1.29, 1.82) is 0 Å². The molecule has 0 radical (unpaired) electrons. The van der Waals surface area contributed by atoms with Gasteiger partial charge in [0.25, 0.3) is 5.91 Å². The van der Waals surface area contributed by atoms with Crippen LogP contribution in [0.1, 0.15) is 28.9 Å². The Morgan fingerprint density at radius 1 is 1.00 bits per heavy atom. The fourth-order valence-corrected chi connectivity index (χ4v) is 2.95. The molecule has 1 atom stereocenters. The Balaban J connectivity index is 2.21. The molecule has 4 nitrogen and oxygen atoms in total. The summed E-state index contributed by atoms with van der Waals surface area (Å²) in [5.41, 5.74) is 1.18. The van der Waals surface area contributed by atoms with Gasteiger partial charge in [0.1, 0.15) is 0 Å². The Morgan fingerprint density at radius 3 is 2.04 bits per heavy atom. The maximum absolute atomic E-state index is 12.5. The molecule has 0 saturated carbocycles. The Labute approximate surface area is 139 Å². The highest BCUT2D eigenvalue weighted by Crippen LogP contribution is 2.22. The number of hydrogen-bond acceptors (Lipinski definition) is 3. The van der Waals surface area contributed by atoms with E-state index < -0.39 is 20.5 Å². The van der Waals surface area contributed by atoms with E-state index in [9.17, 15) is 22.0 Å². The van der Waals surface area contributed by atoms with Crippen LogP contribution in [-0.4, -0.2) is 32.0 Å². The number of carbonyl (C=O) groups is 1. The van der Waals surface area contributed by atoms with Crippen LogP contribution in [0.25, 0.3) is 0 Å². The van der Waals surface area contributed by atoms with Crippen LogP contribution in [0.3, 0.4) is 0 Å². The van der Waals surface area contributed by atoms with E-state index in [2.05, 4.69) is 0 Å². The lowest BCUT2D eigenvalue weighted by atomic mass is 10.1. The lowest BCUT2D eigenvalue weighted by Gasteiger charge is -2.25. The van der Waals surface area contributed by atoms with Crippen LogP contribution in [0.2, 0.25) is 0 Å². The first-order chi connectivity index (χ1) is 11.2. The monoisotopic (exact) mass is 353 g/mol. The molecule has 2 aromatic carbocycles. The molecular formula is C17H17F2NO3S. The molecule has 0 N–H and O–H groups in total.